The van der Waals surface area contributed by atoms with Crippen molar-refractivity contribution in [1.82, 2.24) is 15.4 Å². The highest BCUT2D eigenvalue weighted by Gasteiger charge is 2.26. The summed E-state index contributed by atoms with van der Waals surface area (Å²) in [4.78, 5) is 26.6. The molecule has 0 aliphatic heterocycles. The second-order valence-corrected chi connectivity index (χ2v) is 19.8. The van der Waals surface area contributed by atoms with Crippen LogP contribution in [0.25, 0.3) is 22.0 Å². The summed E-state index contributed by atoms with van der Waals surface area (Å²) in [6.45, 7) is 22.0. The van der Waals surface area contributed by atoms with E-state index in [1.165, 1.54) is 16.8 Å². The number of aromatic nitrogens is 1. The predicted octanol–water partition coefficient (Wildman–Crippen LogP) is 10.3. The minimum absolute atomic E-state index is 0.0201. The lowest BCUT2D eigenvalue weighted by Gasteiger charge is -2.47. The number of hydrogen-bond donors (Lipinski definition) is 2. The molecule has 7 heteroatoms. The molecule has 0 saturated carbocycles. The Labute approximate surface area is 293 Å². The number of fused-ring (bicyclic) bond motifs is 1. The summed E-state index contributed by atoms with van der Waals surface area (Å²) in [6, 6.07) is 30.4. The summed E-state index contributed by atoms with van der Waals surface area (Å²) in [5.41, 5.74) is 12.7. The molecule has 6 nitrogen and oxygen atoms in total. The fourth-order valence-corrected chi connectivity index (χ4v) is 6.49. The molecule has 0 saturated heterocycles. The maximum atomic E-state index is 13.4. The largest absolute Gasteiger partial charge is 0.461 e. The molecule has 257 valence electrons. The number of rotatable bonds is 10. The number of nitrogens with one attached hydrogen (secondary N) is 2. The molecule has 1 heterocycles. The molecule has 0 radical (unpaired) electrons. The lowest BCUT2D eigenvalue weighted by Crippen LogP contribution is -2.46. The second kappa shape index (κ2) is 14.2. The van der Waals surface area contributed by atoms with Crippen molar-refractivity contribution < 1.29 is 14.1 Å². The first-order valence-electron chi connectivity index (χ1n) is 17.2. The van der Waals surface area contributed by atoms with E-state index >= 15 is 0 Å². The Balaban J connectivity index is 1.32. The van der Waals surface area contributed by atoms with E-state index in [1.807, 2.05) is 43.3 Å². The Morgan fingerprint density at radius 1 is 0.816 bits per heavy atom. The zero-order valence-electron chi connectivity index (χ0n) is 30.7. The topological polar surface area (TPSA) is 72.4 Å². The van der Waals surface area contributed by atoms with E-state index in [-0.39, 0.29) is 22.9 Å². The minimum atomic E-state index is -2.15. The van der Waals surface area contributed by atoms with Gasteiger partial charge in [0.15, 0.2) is 0 Å². The molecular weight excluding hydrogens is 623 g/mol. The fraction of sp³-hybridized carbons (Fsp3) is 0.333. The molecule has 5 rings (SSSR count). The highest BCUT2D eigenvalue weighted by Crippen LogP contribution is 2.36. The van der Waals surface area contributed by atoms with E-state index in [1.54, 1.807) is 0 Å². The average Bonchev–Trinajstić information content (AvgIpc) is 3.31. The average molecular weight is 674 g/mol. The summed E-state index contributed by atoms with van der Waals surface area (Å²) in [6.07, 6.45) is 0. The number of carbonyl (C=O) groups is 2. The number of hydrogen-bond acceptors (Lipinski definition) is 3. The van der Waals surface area contributed by atoms with Crippen molar-refractivity contribution in [2.45, 2.75) is 92.0 Å². The number of benzene rings is 4. The molecule has 1 aromatic heterocycles. The van der Waals surface area contributed by atoms with Crippen molar-refractivity contribution in [2.75, 3.05) is 0 Å². The number of aryl methyl sites for hydroxylation is 1. The van der Waals surface area contributed by atoms with Crippen molar-refractivity contribution in [1.29, 1.82) is 0 Å². The summed E-state index contributed by atoms with van der Waals surface area (Å²) in [7, 11) is -2.15. The van der Waals surface area contributed by atoms with Crippen LogP contribution >= 0.6 is 0 Å². The summed E-state index contributed by atoms with van der Waals surface area (Å²) in [5, 5.41) is 4.26. The van der Waals surface area contributed by atoms with Crippen molar-refractivity contribution in [2.24, 2.45) is 0 Å². The van der Waals surface area contributed by atoms with Crippen LogP contribution in [0.4, 0.5) is 0 Å². The van der Waals surface area contributed by atoms with Gasteiger partial charge in [0.1, 0.15) is 0 Å². The first-order valence-corrected chi connectivity index (χ1v) is 20.1. The third kappa shape index (κ3) is 7.74. The third-order valence-electron chi connectivity index (χ3n) is 10.3. The molecule has 2 N–H and O–H groups in total. The standard InChI is InChI=1S/C42H51N3O3Si/c1-27(2)33-14-13-15-34(24-33)29(4)43-40(46)35-22-23-39-38(25-35)28(3)30(5)45(39)26-31-18-20-32(21-19-31)36-16-11-12-17-37(36)41(47)44-48-49(9,10)42(6,7)8/h11-25,27,29H,26H2,1-10H3,(H,43,46)(H,44,47)/q-1/t29-/m0/s1. The van der Waals surface area contributed by atoms with Gasteiger partial charge in [-0.15, -0.1) is 18.1 Å². The molecule has 0 aliphatic rings. The SMILES string of the molecule is Cc1c(C)n(Cc2ccc(-c3ccccc3C(=O)NO[Si-](C)(C)C(C)(C)C)cc2)c2ccc(C(=O)N[C@@H](C)c3cccc(C(C)C)c3)cc12. The molecule has 0 aliphatic carbocycles. The Morgan fingerprint density at radius 2 is 1.49 bits per heavy atom. The zero-order valence-corrected chi connectivity index (χ0v) is 31.7. The lowest BCUT2D eigenvalue weighted by atomic mass is 9.98. The number of nitrogens with zero attached hydrogens (tertiary/aromatic N) is 1. The normalized spacial score (nSPS) is 12.7. The number of hydroxylamine groups is 1. The molecule has 5 aromatic rings. The van der Waals surface area contributed by atoms with Gasteiger partial charge in [-0.05, 0) is 84.3 Å². The van der Waals surface area contributed by atoms with Crippen LogP contribution < -0.4 is 10.8 Å². The molecular formula is C42H51N3O3Si-. The van der Waals surface area contributed by atoms with Gasteiger partial charge in [0, 0.05) is 42.6 Å². The zero-order chi connectivity index (χ0) is 35.7. The summed E-state index contributed by atoms with van der Waals surface area (Å²) in [5.74, 6) is 0.115. The van der Waals surface area contributed by atoms with Crippen LogP contribution in [0.3, 0.4) is 0 Å². The van der Waals surface area contributed by atoms with Gasteiger partial charge < -0.3 is 14.4 Å². The van der Waals surface area contributed by atoms with Gasteiger partial charge in [0.2, 0.25) is 0 Å². The van der Waals surface area contributed by atoms with E-state index in [9.17, 15) is 9.59 Å². The first kappa shape index (κ1) is 35.8. The monoisotopic (exact) mass is 673 g/mol. The van der Waals surface area contributed by atoms with E-state index < -0.39 is 8.32 Å². The van der Waals surface area contributed by atoms with Gasteiger partial charge in [0.25, 0.3) is 11.8 Å². The summed E-state index contributed by atoms with van der Waals surface area (Å²) < 4.78 is 8.32. The molecule has 0 unspecified atom stereocenters. The van der Waals surface area contributed by atoms with Crippen LogP contribution in [0.15, 0.2) is 91.0 Å². The van der Waals surface area contributed by atoms with Gasteiger partial charge in [-0.2, -0.15) is 0 Å². The van der Waals surface area contributed by atoms with Gasteiger partial charge >= 0.3 is 0 Å². The van der Waals surface area contributed by atoms with Gasteiger partial charge in [0.05, 0.1) is 6.04 Å². The van der Waals surface area contributed by atoms with Gasteiger partial charge in [-0.3, -0.25) is 15.1 Å². The van der Waals surface area contributed by atoms with Crippen LogP contribution in [-0.4, -0.2) is 24.7 Å². The minimum Gasteiger partial charge on any atom is -0.461 e. The van der Waals surface area contributed by atoms with Crippen LogP contribution in [-0.2, 0) is 11.1 Å². The molecule has 4 aromatic carbocycles. The maximum Gasteiger partial charge on any atom is 0.272 e. The van der Waals surface area contributed by atoms with E-state index in [0.29, 0.717) is 23.6 Å². The third-order valence-corrected chi connectivity index (χ3v) is 14.5. The Kier molecular flexibility index (Phi) is 10.4. The lowest BCUT2D eigenvalue weighted by molar-refractivity contribution is 0.0730. The van der Waals surface area contributed by atoms with Crippen LogP contribution in [0.5, 0.6) is 0 Å². The Morgan fingerprint density at radius 3 is 2.16 bits per heavy atom. The first-order chi connectivity index (χ1) is 23.1. The van der Waals surface area contributed by atoms with Crippen molar-refractivity contribution >= 4 is 31.0 Å². The van der Waals surface area contributed by atoms with Crippen molar-refractivity contribution in [3.63, 3.8) is 0 Å². The summed E-state index contributed by atoms with van der Waals surface area (Å²) >= 11 is 0. The predicted molar refractivity (Wildman–Crippen MR) is 205 cm³/mol. The molecule has 0 fully saturated rings. The number of amides is 2. The van der Waals surface area contributed by atoms with Crippen LogP contribution in [0, 0.1) is 13.8 Å². The molecule has 49 heavy (non-hydrogen) atoms. The maximum absolute atomic E-state index is 13.4. The van der Waals surface area contributed by atoms with Crippen molar-refractivity contribution in [3.05, 3.63) is 130 Å². The van der Waals surface area contributed by atoms with Crippen LogP contribution in [0.2, 0.25) is 18.1 Å². The van der Waals surface area contributed by atoms with Gasteiger partial charge in [-0.25, -0.2) is 0 Å². The molecule has 0 bridgehead atoms. The Bertz CT molecular complexity index is 1980. The quantitative estimate of drug-likeness (QED) is 0.114. The van der Waals surface area contributed by atoms with E-state index in [2.05, 4.69) is 132 Å². The molecule has 1 atom stereocenters. The molecule has 0 spiro atoms. The smallest absolute Gasteiger partial charge is 0.272 e. The highest BCUT2D eigenvalue weighted by molar-refractivity contribution is 6.74. The van der Waals surface area contributed by atoms with E-state index in [4.69, 9.17) is 4.53 Å². The highest BCUT2D eigenvalue weighted by atomic mass is 28.4. The molecule has 2 amide bonds. The van der Waals surface area contributed by atoms with Crippen LogP contribution in [0.1, 0.15) is 102 Å². The number of carbonyl (C=O) groups excluding carboxylic acids is 2. The fourth-order valence-electron chi connectivity index (χ4n) is 5.83. The van der Waals surface area contributed by atoms with Gasteiger partial charge in [-0.1, -0.05) is 101 Å². The Hall–Kier alpha value is -4.46. The van der Waals surface area contributed by atoms with E-state index in [0.717, 1.165) is 33.2 Å². The second-order valence-electron chi connectivity index (χ2n) is 15.1. The van der Waals surface area contributed by atoms with Crippen molar-refractivity contribution in [3.8, 4) is 11.1 Å².